The SMILES string of the molecule is CC(C)N(C(=O)COc1cccc([N+](=O)[O-])c1)C(C)C. The molecule has 0 aromatic heterocycles. The second-order valence-electron chi connectivity index (χ2n) is 5.03. The number of carbonyl (C=O) groups excluding carboxylic acids is 1. The van der Waals surface area contributed by atoms with E-state index in [4.69, 9.17) is 4.74 Å². The van der Waals surface area contributed by atoms with E-state index in [9.17, 15) is 14.9 Å². The summed E-state index contributed by atoms with van der Waals surface area (Å²) >= 11 is 0. The molecule has 1 amide bonds. The summed E-state index contributed by atoms with van der Waals surface area (Å²) in [6, 6.07) is 5.97. The van der Waals surface area contributed by atoms with Crippen LogP contribution in [0.15, 0.2) is 24.3 Å². The Labute approximate surface area is 118 Å². The minimum Gasteiger partial charge on any atom is -0.484 e. The molecule has 0 saturated heterocycles. The van der Waals surface area contributed by atoms with Crippen LogP contribution in [0.25, 0.3) is 0 Å². The number of nitro groups is 1. The van der Waals surface area contributed by atoms with Crippen LogP contribution in [0.4, 0.5) is 5.69 Å². The number of rotatable bonds is 6. The van der Waals surface area contributed by atoms with Crippen molar-refractivity contribution in [3.8, 4) is 5.75 Å². The molecule has 0 fully saturated rings. The maximum absolute atomic E-state index is 12.1. The zero-order valence-electron chi connectivity index (χ0n) is 12.2. The molecule has 0 unspecified atom stereocenters. The number of nitrogens with zero attached hydrogens (tertiary/aromatic N) is 2. The number of amides is 1. The Kier molecular flexibility index (Phi) is 5.49. The van der Waals surface area contributed by atoms with Crippen molar-refractivity contribution in [2.24, 2.45) is 0 Å². The quantitative estimate of drug-likeness (QED) is 0.593. The lowest BCUT2D eigenvalue weighted by Crippen LogP contribution is -2.44. The van der Waals surface area contributed by atoms with Crippen molar-refractivity contribution in [2.75, 3.05) is 6.61 Å². The zero-order valence-corrected chi connectivity index (χ0v) is 12.2. The summed E-state index contributed by atoms with van der Waals surface area (Å²) in [7, 11) is 0. The summed E-state index contributed by atoms with van der Waals surface area (Å²) in [6.45, 7) is 7.62. The Morgan fingerprint density at radius 3 is 2.40 bits per heavy atom. The largest absolute Gasteiger partial charge is 0.484 e. The van der Waals surface area contributed by atoms with Crippen molar-refractivity contribution >= 4 is 11.6 Å². The summed E-state index contributed by atoms with van der Waals surface area (Å²) < 4.78 is 5.34. The van der Waals surface area contributed by atoms with E-state index in [1.54, 1.807) is 11.0 Å². The van der Waals surface area contributed by atoms with Gasteiger partial charge in [-0.3, -0.25) is 14.9 Å². The predicted molar refractivity (Wildman–Crippen MR) is 75.7 cm³/mol. The standard InChI is InChI=1S/C14H20N2O4/c1-10(2)15(11(3)4)14(17)9-20-13-7-5-6-12(8-13)16(18)19/h5-8,10-11H,9H2,1-4H3. The van der Waals surface area contributed by atoms with Crippen LogP contribution in [-0.4, -0.2) is 34.4 Å². The van der Waals surface area contributed by atoms with E-state index in [0.717, 1.165) is 0 Å². The van der Waals surface area contributed by atoms with E-state index in [1.807, 2.05) is 27.7 Å². The molecule has 6 nitrogen and oxygen atoms in total. The van der Waals surface area contributed by atoms with Gasteiger partial charge in [0.2, 0.25) is 0 Å². The lowest BCUT2D eigenvalue weighted by atomic mass is 10.2. The van der Waals surface area contributed by atoms with Crippen molar-refractivity contribution in [1.29, 1.82) is 0 Å². The molecule has 6 heteroatoms. The second kappa shape index (κ2) is 6.88. The van der Waals surface area contributed by atoms with E-state index >= 15 is 0 Å². The van der Waals surface area contributed by atoms with Gasteiger partial charge in [-0.2, -0.15) is 0 Å². The molecular formula is C14H20N2O4. The molecule has 0 saturated carbocycles. The summed E-state index contributed by atoms with van der Waals surface area (Å²) in [5, 5.41) is 10.7. The number of benzene rings is 1. The molecule has 1 rings (SSSR count). The molecule has 0 bridgehead atoms. The zero-order chi connectivity index (χ0) is 15.3. The highest BCUT2D eigenvalue weighted by Gasteiger charge is 2.20. The van der Waals surface area contributed by atoms with Crippen molar-refractivity contribution in [2.45, 2.75) is 39.8 Å². The average molecular weight is 280 g/mol. The summed E-state index contributed by atoms with van der Waals surface area (Å²) in [4.78, 5) is 24.0. The Morgan fingerprint density at radius 1 is 1.30 bits per heavy atom. The minimum atomic E-state index is -0.497. The normalized spacial score (nSPS) is 10.7. The van der Waals surface area contributed by atoms with E-state index in [1.165, 1.54) is 18.2 Å². The van der Waals surface area contributed by atoms with Gasteiger partial charge in [0.1, 0.15) is 5.75 Å². The second-order valence-corrected chi connectivity index (χ2v) is 5.03. The van der Waals surface area contributed by atoms with E-state index in [2.05, 4.69) is 0 Å². The van der Waals surface area contributed by atoms with Gasteiger partial charge in [-0.15, -0.1) is 0 Å². The summed E-state index contributed by atoms with van der Waals surface area (Å²) in [5.41, 5.74) is -0.0560. The van der Waals surface area contributed by atoms with E-state index in [0.29, 0.717) is 5.75 Å². The molecule has 110 valence electrons. The Morgan fingerprint density at radius 2 is 1.90 bits per heavy atom. The van der Waals surface area contributed by atoms with Gasteiger partial charge < -0.3 is 9.64 Å². The van der Waals surface area contributed by atoms with Gasteiger partial charge in [-0.25, -0.2) is 0 Å². The molecule has 0 spiro atoms. The number of hydrogen-bond donors (Lipinski definition) is 0. The molecule has 1 aromatic carbocycles. The highest BCUT2D eigenvalue weighted by Crippen LogP contribution is 2.19. The predicted octanol–water partition coefficient (Wildman–Crippen LogP) is 2.62. The fourth-order valence-corrected chi connectivity index (χ4v) is 2.08. The molecule has 0 aliphatic rings. The third-order valence-corrected chi connectivity index (χ3v) is 2.79. The molecule has 0 heterocycles. The van der Waals surface area contributed by atoms with Gasteiger partial charge >= 0.3 is 0 Å². The van der Waals surface area contributed by atoms with E-state index in [-0.39, 0.29) is 30.3 Å². The number of carbonyl (C=O) groups is 1. The first-order valence-corrected chi connectivity index (χ1v) is 6.51. The molecule has 1 aromatic rings. The molecule has 20 heavy (non-hydrogen) atoms. The highest BCUT2D eigenvalue weighted by atomic mass is 16.6. The van der Waals surface area contributed by atoms with Crippen LogP contribution in [0, 0.1) is 10.1 Å². The topological polar surface area (TPSA) is 72.7 Å². The maximum atomic E-state index is 12.1. The summed E-state index contributed by atoms with van der Waals surface area (Å²) in [5.74, 6) is 0.182. The van der Waals surface area contributed by atoms with Crippen molar-refractivity contribution in [3.63, 3.8) is 0 Å². The smallest absolute Gasteiger partial charge is 0.273 e. The monoisotopic (exact) mass is 280 g/mol. The van der Waals surface area contributed by atoms with Gasteiger partial charge in [0.25, 0.3) is 11.6 Å². The van der Waals surface area contributed by atoms with Crippen LogP contribution in [0.2, 0.25) is 0 Å². The summed E-state index contributed by atoms with van der Waals surface area (Å²) in [6.07, 6.45) is 0. The van der Waals surface area contributed by atoms with Gasteiger partial charge in [0.15, 0.2) is 6.61 Å². The van der Waals surface area contributed by atoms with Crippen molar-refractivity contribution in [1.82, 2.24) is 4.90 Å². The molecule has 0 radical (unpaired) electrons. The van der Waals surface area contributed by atoms with Gasteiger partial charge in [-0.05, 0) is 33.8 Å². The number of non-ortho nitro benzene ring substituents is 1. The van der Waals surface area contributed by atoms with Crippen LogP contribution in [-0.2, 0) is 4.79 Å². The first-order valence-electron chi connectivity index (χ1n) is 6.51. The average Bonchev–Trinajstić information content (AvgIpc) is 2.35. The number of nitro benzene ring substituents is 1. The number of ether oxygens (including phenoxy) is 1. The number of hydrogen-bond acceptors (Lipinski definition) is 4. The van der Waals surface area contributed by atoms with Crippen LogP contribution in [0.3, 0.4) is 0 Å². The Bertz CT molecular complexity index is 478. The van der Waals surface area contributed by atoms with Crippen molar-refractivity contribution in [3.05, 3.63) is 34.4 Å². The fourth-order valence-electron chi connectivity index (χ4n) is 2.08. The van der Waals surface area contributed by atoms with Crippen molar-refractivity contribution < 1.29 is 14.5 Å². The van der Waals surface area contributed by atoms with E-state index < -0.39 is 4.92 Å². The molecule has 0 N–H and O–H groups in total. The maximum Gasteiger partial charge on any atom is 0.273 e. The third-order valence-electron chi connectivity index (χ3n) is 2.79. The molecule has 0 aliphatic carbocycles. The van der Waals surface area contributed by atoms with Crippen LogP contribution in [0.1, 0.15) is 27.7 Å². The van der Waals surface area contributed by atoms with Gasteiger partial charge in [-0.1, -0.05) is 6.07 Å². The van der Waals surface area contributed by atoms with Crippen LogP contribution in [0.5, 0.6) is 5.75 Å². The molecular weight excluding hydrogens is 260 g/mol. The van der Waals surface area contributed by atoms with Crippen LogP contribution >= 0.6 is 0 Å². The lowest BCUT2D eigenvalue weighted by Gasteiger charge is -2.30. The first-order chi connectivity index (χ1) is 9.32. The van der Waals surface area contributed by atoms with Gasteiger partial charge in [0.05, 0.1) is 11.0 Å². The fraction of sp³-hybridized carbons (Fsp3) is 0.500. The van der Waals surface area contributed by atoms with Gasteiger partial charge in [0, 0.05) is 18.2 Å². The molecule has 0 aliphatic heterocycles. The Hall–Kier alpha value is -2.11. The Balaban J connectivity index is 2.69. The first kappa shape index (κ1) is 15.9. The lowest BCUT2D eigenvalue weighted by molar-refractivity contribution is -0.384. The van der Waals surface area contributed by atoms with Crippen LogP contribution < -0.4 is 4.74 Å². The third kappa shape index (κ3) is 4.22. The molecule has 0 atom stereocenters. The highest BCUT2D eigenvalue weighted by molar-refractivity contribution is 5.78. The minimum absolute atomic E-state index is 0.0560.